The van der Waals surface area contributed by atoms with Crippen LogP contribution in [0.4, 0.5) is 4.39 Å². The summed E-state index contributed by atoms with van der Waals surface area (Å²) in [4.78, 5) is 0. The van der Waals surface area contributed by atoms with Crippen LogP contribution < -0.4 is 10.5 Å². The van der Waals surface area contributed by atoms with E-state index in [9.17, 15) is 4.39 Å². The van der Waals surface area contributed by atoms with Gasteiger partial charge in [0.2, 0.25) is 0 Å². The Morgan fingerprint density at radius 3 is 3.06 bits per heavy atom. The van der Waals surface area contributed by atoms with Crippen molar-refractivity contribution in [2.75, 3.05) is 13.7 Å². The number of nitrogens with two attached hydrogens (primary N) is 1. The van der Waals surface area contributed by atoms with Gasteiger partial charge in [-0.15, -0.1) is 0 Å². The van der Waals surface area contributed by atoms with Crippen LogP contribution in [-0.2, 0) is 4.74 Å². The van der Waals surface area contributed by atoms with Crippen molar-refractivity contribution in [1.82, 2.24) is 0 Å². The third kappa shape index (κ3) is 2.58. The number of methoxy groups -OCH3 is 1. The molecular formula is C13H18FNO2. The van der Waals surface area contributed by atoms with E-state index >= 15 is 0 Å². The van der Waals surface area contributed by atoms with Crippen LogP contribution in [0.25, 0.3) is 0 Å². The fraction of sp³-hybridized carbons (Fsp3) is 0.538. The SMILES string of the molecule is COCC(C)C1C[C@@H](N)c2ccc(F)cc2O1. The summed E-state index contributed by atoms with van der Waals surface area (Å²) in [5.74, 6) is 0.509. The van der Waals surface area contributed by atoms with Crippen LogP contribution in [0.1, 0.15) is 24.9 Å². The van der Waals surface area contributed by atoms with E-state index in [2.05, 4.69) is 0 Å². The number of hydrogen-bond acceptors (Lipinski definition) is 3. The van der Waals surface area contributed by atoms with E-state index in [-0.39, 0.29) is 23.9 Å². The Kier molecular flexibility index (Phi) is 3.64. The number of ether oxygens (including phenoxy) is 2. The molecule has 1 heterocycles. The summed E-state index contributed by atoms with van der Waals surface area (Å²) < 4.78 is 24.1. The molecule has 1 aromatic rings. The van der Waals surface area contributed by atoms with E-state index in [1.807, 2.05) is 6.92 Å². The molecule has 0 amide bonds. The summed E-state index contributed by atoms with van der Waals surface area (Å²) in [5.41, 5.74) is 6.96. The highest BCUT2D eigenvalue weighted by atomic mass is 19.1. The Balaban J connectivity index is 2.19. The summed E-state index contributed by atoms with van der Waals surface area (Å²) in [5, 5.41) is 0. The largest absolute Gasteiger partial charge is 0.490 e. The van der Waals surface area contributed by atoms with Crippen LogP contribution in [0.5, 0.6) is 5.75 Å². The Labute approximate surface area is 101 Å². The summed E-state index contributed by atoms with van der Waals surface area (Å²) in [7, 11) is 1.66. The Morgan fingerprint density at radius 2 is 2.35 bits per heavy atom. The first-order valence-electron chi connectivity index (χ1n) is 5.82. The first-order chi connectivity index (χ1) is 8.11. The lowest BCUT2D eigenvalue weighted by molar-refractivity contribution is 0.0536. The van der Waals surface area contributed by atoms with Crippen molar-refractivity contribution in [1.29, 1.82) is 0 Å². The number of rotatable bonds is 3. The Bertz CT molecular complexity index is 397. The molecule has 0 aromatic heterocycles. The first kappa shape index (κ1) is 12.3. The van der Waals surface area contributed by atoms with E-state index in [1.165, 1.54) is 12.1 Å². The molecule has 94 valence electrons. The zero-order valence-corrected chi connectivity index (χ0v) is 10.2. The molecule has 0 saturated carbocycles. The molecule has 0 saturated heterocycles. The zero-order chi connectivity index (χ0) is 12.4. The second-order valence-corrected chi connectivity index (χ2v) is 4.61. The molecule has 0 fully saturated rings. The molecule has 0 spiro atoms. The molecule has 0 radical (unpaired) electrons. The van der Waals surface area contributed by atoms with Gasteiger partial charge in [-0.25, -0.2) is 4.39 Å². The lowest BCUT2D eigenvalue weighted by atomic mass is 9.91. The second kappa shape index (κ2) is 5.02. The van der Waals surface area contributed by atoms with Gasteiger partial charge in [0.1, 0.15) is 17.7 Å². The maximum Gasteiger partial charge on any atom is 0.127 e. The molecule has 4 heteroatoms. The van der Waals surface area contributed by atoms with Gasteiger partial charge in [0.25, 0.3) is 0 Å². The number of hydrogen-bond donors (Lipinski definition) is 1. The van der Waals surface area contributed by atoms with E-state index < -0.39 is 0 Å². The normalized spacial score (nSPS) is 24.9. The van der Waals surface area contributed by atoms with E-state index in [4.69, 9.17) is 15.2 Å². The van der Waals surface area contributed by atoms with Gasteiger partial charge < -0.3 is 15.2 Å². The van der Waals surface area contributed by atoms with Crippen LogP contribution in [0.15, 0.2) is 18.2 Å². The maximum absolute atomic E-state index is 13.2. The number of benzene rings is 1. The highest BCUT2D eigenvalue weighted by Crippen LogP contribution is 2.35. The maximum atomic E-state index is 13.2. The van der Waals surface area contributed by atoms with Crippen LogP contribution in [0, 0.1) is 11.7 Å². The molecule has 2 unspecified atom stereocenters. The summed E-state index contributed by atoms with van der Waals surface area (Å²) in [6.07, 6.45) is 0.725. The van der Waals surface area contributed by atoms with Gasteiger partial charge in [-0.2, -0.15) is 0 Å². The summed E-state index contributed by atoms with van der Waals surface area (Å²) >= 11 is 0. The average molecular weight is 239 g/mol. The fourth-order valence-electron chi connectivity index (χ4n) is 2.22. The lowest BCUT2D eigenvalue weighted by Gasteiger charge is -2.33. The van der Waals surface area contributed by atoms with Crippen molar-refractivity contribution in [3.8, 4) is 5.75 Å². The van der Waals surface area contributed by atoms with Crippen molar-refractivity contribution >= 4 is 0 Å². The fourth-order valence-corrected chi connectivity index (χ4v) is 2.22. The van der Waals surface area contributed by atoms with Gasteiger partial charge in [0.05, 0.1) is 6.61 Å². The van der Waals surface area contributed by atoms with Crippen molar-refractivity contribution in [3.05, 3.63) is 29.6 Å². The second-order valence-electron chi connectivity index (χ2n) is 4.61. The molecule has 0 aliphatic carbocycles. The van der Waals surface area contributed by atoms with Crippen molar-refractivity contribution < 1.29 is 13.9 Å². The number of fused-ring (bicyclic) bond motifs is 1. The smallest absolute Gasteiger partial charge is 0.127 e. The molecule has 1 aliphatic heterocycles. The number of halogens is 1. The van der Waals surface area contributed by atoms with Crippen molar-refractivity contribution in [3.63, 3.8) is 0 Å². The Morgan fingerprint density at radius 1 is 1.59 bits per heavy atom. The van der Waals surface area contributed by atoms with E-state index in [0.717, 1.165) is 12.0 Å². The Hall–Kier alpha value is -1.13. The van der Waals surface area contributed by atoms with E-state index in [0.29, 0.717) is 12.4 Å². The monoisotopic (exact) mass is 239 g/mol. The molecule has 2 N–H and O–H groups in total. The van der Waals surface area contributed by atoms with Crippen molar-refractivity contribution in [2.45, 2.75) is 25.5 Å². The predicted octanol–water partition coefficient (Wildman–Crippen LogP) is 2.26. The van der Waals surface area contributed by atoms with Crippen LogP contribution in [0.3, 0.4) is 0 Å². The van der Waals surface area contributed by atoms with Gasteiger partial charge in [-0.1, -0.05) is 13.0 Å². The molecule has 17 heavy (non-hydrogen) atoms. The molecule has 3 nitrogen and oxygen atoms in total. The van der Waals surface area contributed by atoms with Crippen LogP contribution in [0.2, 0.25) is 0 Å². The predicted molar refractivity (Wildman–Crippen MR) is 63.4 cm³/mol. The molecule has 2 rings (SSSR count). The molecular weight excluding hydrogens is 221 g/mol. The quantitative estimate of drug-likeness (QED) is 0.880. The van der Waals surface area contributed by atoms with E-state index in [1.54, 1.807) is 13.2 Å². The topological polar surface area (TPSA) is 44.5 Å². The van der Waals surface area contributed by atoms with Crippen LogP contribution in [-0.4, -0.2) is 19.8 Å². The van der Waals surface area contributed by atoms with Gasteiger partial charge in [0, 0.05) is 37.1 Å². The lowest BCUT2D eigenvalue weighted by Crippen LogP contribution is -2.36. The average Bonchev–Trinajstić information content (AvgIpc) is 2.28. The van der Waals surface area contributed by atoms with Gasteiger partial charge in [-0.3, -0.25) is 0 Å². The van der Waals surface area contributed by atoms with Crippen LogP contribution >= 0.6 is 0 Å². The highest BCUT2D eigenvalue weighted by molar-refractivity contribution is 5.38. The molecule has 3 atom stereocenters. The minimum atomic E-state index is -0.295. The van der Waals surface area contributed by atoms with Gasteiger partial charge in [0.15, 0.2) is 0 Å². The molecule has 0 bridgehead atoms. The van der Waals surface area contributed by atoms with Gasteiger partial charge in [-0.05, 0) is 6.07 Å². The minimum absolute atomic E-state index is 0.0146. The van der Waals surface area contributed by atoms with Crippen molar-refractivity contribution in [2.24, 2.45) is 11.7 Å². The highest BCUT2D eigenvalue weighted by Gasteiger charge is 2.29. The first-order valence-corrected chi connectivity index (χ1v) is 5.82. The summed E-state index contributed by atoms with van der Waals surface area (Å²) in [6, 6.07) is 4.43. The standard InChI is InChI=1S/C13H18FNO2/c1-8(7-16-2)12-6-11(15)10-4-3-9(14)5-13(10)17-12/h3-5,8,11-12H,6-7,15H2,1-2H3/t8?,11-,12?/m1/s1. The summed E-state index contributed by atoms with van der Waals surface area (Å²) in [6.45, 7) is 2.66. The molecule has 1 aromatic carbocycles. The third-order valence-electron chi connectivity index (χ3n) is 3.20. The zero-order valence-electron chi connectivity index (χ0n) is 10.2. The third-order valence-corrected chi connectivity index (χ3v) is 3.20. The minimum Gasteiger partial charge on any atom is -0.490 e. The van der Waals surface area contributed by atoms with Gasteiger partial charge >= 0.3 is 0 Å². The molecule has 1 aliphatic rings.